The molecular weight excluding hydrogens is 246 g/mol. The van der Waals surface area contributed by atoms with Crippen molar-refractivity contribution in [3.63, 3.8) is 0 Å². The molecule has 0 spiro atoms. The van der Waals surface area contributed by atoms with Gasteiger partial charge in [0.1, 0.15) is 12.0 Å². The quantitative estimate of drug-likeness (QED) is 0.725. The third-order valence-electron chi connectivity index (χ3n) is 2.68. The predicted molar refractivity (Wildman–Crippen MR) is 68.4 cm³/mol. The number of methoxy groups -OCH3 is 1. The van der Waals surface area contributed by atoms with E-state index in [1.807, 2.05) is 6.07 Å². The van der Waals surface area contributed by atoms with E-state index in [2.05, 4.69) is 10.1 Å². The molecule has 2 aromatic heterocycles. The third-order valence-corrected chi connectivity index (χ3v) is 2.68. The Labute approximate surface area is 108 Å². The molecule has 0 fully saturated rings. The number of anilines is 1. The largest absolute Gasteiger partial charge is 0.495 e. The summed E-state index contributed by atoms with van der Waals surface area (Å²) in [6.45, 7) is 0. The van der Waals surface area contributed by atoms with Gasteiger partial charge in [0.15, 0.2) is 0 Å². The number of furan rings is 1. The van der Waals surface area contributed by atoms with Gasteiger partial charge in [-0.25, -0.2) is 0 Å². The summed E-state index contributed by atoms with van der Waals surface area (Å²) in [5.74, 6) is 1.47. The highest BCUT2D eigenvalue weighted by Crippen LogP contribution is 2.28. The number of rotatable bonds is 3. The average Bonchev–Trinajstić information content (AvgIpc) is 3.09. The molecule has 0 bridgehead atoms. The van der Waals surface area contributed by atoms with Crippen molar-refractivity contribution in [3.8, 4) is 28.6 Å². The Balaban J connectivity index is 1.97. The molecule has 3 rings (SSSR count). The van der Waals surface area contributed by atoms with Crippen LogP contribution in [0.1, 0.15) is 0 Å². The first-order valence-electron chi connectivity index (χ1n) is 5.58. The van der Waals surface area contributed by atoms with E-state index in [1.165, 1.54) is 0 Å². The highest BCUT2D eigenvalue weighted by Gasteiger charge is 2.12. The summed E-state index contributed by atoms with van der Waals surface area (Å²) in [5, 5.41) is 3.89. The van der Waals surface area contributed by atoms with Crippen LogP contribution in [0.5, 0.6) is 5.75 Å². The Morgan fingerprint density at radius 1 is 1.21 bits per heavy atom. The maximum atomic E-state index is 5.84. The van der Waals surface area contributed by atoms with Crippen molar-refractivity contribution < 1.29 is 13.7 Å². The molecule has 3 aromatic rings. The van der Waals surface area contributed by atoms with E-state index in [0.717, 1.165) is 11.1 Å². The monoisotopic (exact) mass is 257 g/mol. The summed E-state index contributed by atoms with van der Waals surface area (Å²) in [4.78, 5) is 4.29. The molecule has 0 saturated heterocycles. The Hall–Kier alpha value is -2.76. The van der Waals surface area contributed by atoms with Crippen molar-refractivity contribution in [3.05, 3.63) is 36.8 Å². The fraction of sp³-hybridized carbons (Fsp3) is 0.0769. The molecule has 0 unspecified atom stereocenters. The normalized spacial score (nSPS) is 10.6. The number of hydrogen-bond acceptors (Lipinski definition) is 6. The van der Waals surface area contributed by atoms with Crippen molar-refractivity contribution in [1.29, 1.82) is 0 Å². The summed E-state index contributed by atoms with van der Waals surface area (Å²) in [7, 11) is 1.56. The van der Waals surface area contributed by atoms with E-state index in [4.69, 9.17) is 19.4 Å². The lowest BCUT2D eigenvalue weighted by Crippen LogP contribution is -1.92. The van der Waals surface area contributed by atoms with Gasteiger partial charge in [-0.2, -0.15) is 4.98 Å². The first-order chi connectivity index (χ1) is 9.28. The lowest BCUT2D eigenvalue weighted by molar-refractivity contribution is 0.416. The van der Waals surface area contributed by atoms with Crippen LogP contribution in [0, 0.1) is 0 Å². The molecule has 0 saturated carbocycles. The zero-order valence-corrected chi connectivity index (χ0v) is 10.2. The molecule has 19 heavy (non-hydrogen) atoms. The first-order valence-corrected chi connectivity index (χ1v) is 5.58. The molecule has 6 heteroatoms. The summed E-state index contributed by atoms with van der Waals surface area (Å²) < 4.78 is 15.3. The minimum atomic E-state index is 0.394. The minimum absolute atomic E-state index is 0.394. The van der Waals surface area contributed by atoms with Gasteiger partial charge in [0, 0.05) is 5.56 Å². The summed E-state index contributed by atoms with van der Waals surface area (Å²) in [6, 6.07) is 7.05. The zero-order valence-electron chi connectivity index (χ0n) is 10.2. The van der Waals surface area contributed by atoms with Crippen LogP contribution >= 0.6 is 0 Å². The predicted octanol–water partition coefficient (Wildman–Crippen LogP) is 2.59. The molecule has 0 radical (unpaired) electrons. The second-order valence-electron chi connectivity index (χ2n) is 3.89. The number of nitrogen functional groups attached to an aromatic ring is 1. The van der Waals surface area contributed by atoms with Crippen LogP contribution in [0.2, 0.25) is 0 Å². The van der Waals surface area contributed by atoms with Gasteiger partial charge >= 0.3 is 0 Å². The van der Waals surface area contributed by atoms with Gasteiger partial charge in [-0.05, 0) is 24.3 Å². The molecule has 96 valence electrons. The highest BCUT2D eigenvalue weighted by molar-refractivity contribution is 5.66. The average molecular weight is 257 g/mol. The smallest absolute Gasteiger partial charge is 0.258 e. The van der Waals surface area contributed by atoms with Crippen LogP contribution < -0.4 is 10.5 Å². The number of ether oxygens (including phenoxy) is 1. The number of aromatic nitrogens is 2. The number of nitrogens with zero attached hydrogens (tertiary/aromatic N) is 2. The molecule has 0 aliphatic heterocycles. The Kier molecular flexibility index (Phi) is 2.68. The standard InChI is InChI=1S/C13H11N3O3/c1-17-11-3-2-8(6-10(11)14)13-15-12(16-19-13)9-4-5-18-7-9/h2-7H,14H2,1H3. The Bertz CT molecular complexity index is 689. The van der Waals surface area contributed by atoms with Crippen LogP contribution in [0.25, 0.3) is 22.8 Å². The first kappa shape index (κ1) is 11.3. The van der Waals surface area contributed by atoms with Gasteiger partial charge in [-0.3, -0.25) is 0 Å². The summed E-state index contributed by atoms with van der Waals surface area (Å²) in [5.41, 5.74) is 7.85. The van der Waals surface area contributed by atoms with E-state index in [9.17, 15) is 0 Å². The van der Waals surface area contributed by atoms with E-state index < -0.39 is 0 Å². The minimum Gasteiger partial charge on any atom is -0.495 e. The molecule has 2 heterocycles. The second kappa shape index (κ2) is 4.49. The van der Waals surface area contributed by atoms with Gasteiger partial charge in [0.2, 0.25) is 5.82 Å². The highest BCUT2D eigenvalue weighted by atomic mass is 16.5. The molecular formula is C13H11N3O3. The molecule has 0 atom stereocenters. The van der Waals surface area contributed by atoms with Crippen LogP contribution in [0.4, 0.5) is 5.69 Å². The van der Waals surface area contributed by atoms with Crippen LogP contribution in [0.15, 0.2) is 45.7 Å². The molecule has 0 aliphatic rings. The Morgan fingerprint density at radius 2 is 2.11 bits per heavy atom. The van der Waals surface area contributed by atoms with E-state index in [1.54, 1.807) is 37.8 Å². The lowest BCUT2D eigenvalue weighted by Gasteiger charge is -2.04. The number of benzene rings is 1. The Morgan fingerprint density at radius 3 is 2.79 bits per heavy atom. The molecule has 6 nitrogen and oxygen atoms in total. The second-order valence-corrected chi connectivity index (χ2v) is 3.89. The SMILES string of the molecule is COc1ccc(-c2nc(-c3ccoc3)no2)cc1N. The van der Waals surface area contributed by atoms with Crippen molar-refractivity contribution in [1.82, 2.24) is 10.1 Å². The van der Waals surface area contributed by atoms with Crippen LogP contribution in [-0.4, -0.2) is 17.3 Å². The fourth-order valence-corrected chi connectivity index (χ4v) is 1.72. The van der Waals surface area contributed by atoms with Gasteiger partial charge in [-0.1, -0.05) is 5.16 Å². The molecule has 0 aliphatic carbocycles. The van der Waals surface area contributed by atoms with Gasteiger partial charge in [0.05, 0.1) is 24.6 Å². The molecule has 2 N–H and O–H groups in total. The number of hydrogen-bond donors (Lipinski definition) is 1. The summed E-state index contributed by atoms with van der Waals surface area (Å²) >= 11 is 0. The van der Waals surface area contributed by atoms with Crippen molar-refractivity contribution in [2.45, 2.75) is 0 Å². The van der Waals surface area contributed by atoms with Gasteiger partial charge in [0.25, 0.3) is 5.89 Å². The fourth-order valence-electron chi connectivity index (χ4n) is 1.72. The van der Waals surface area contributed by atoms with E-state index in [0.29, 0.717) is 23.2 Å². The van der Waals surface area contributed by atoms with Crippen molar-refractivity contribution >= 4 is 5.69 Å². The van der Waals surface area contributed by atoms with Crippen molar-refractivity contribution in [2.75, 3.05) is 12.8 Å². The van der Waals surface area contributed by atoms with Crippen molar-refractivity contribution in [2.24, 2.45) is 0 Å². The molecule has 0 amide bonds. The van der Waals surface area contributed by atoms with E-state index in [-0.39, 0.29) is 0 Å². The number of nitrogens with two attached hydrogens (primary N) is 1. The van der Waals surface area contributed by atoms with Gasteiger partial charge in [-0.15, -0.1) is 0 Å². The zero-order chi connectivity index (χ0) is 13.2. The third kappa shape index (κ3) is 2.03. The van der Waals surface area contributed by atoms with Crippen LogP contribution in [-0.2, 0) is 0 Å². The lowest BCUT2D eigenvalue weighted by atomic mass is 10.2. The van der Waals surface area contributed by atoms with Crippen LogP contribution in [0.3, 0.4) is 0 Å². The maximum absolute atomic E-state index is 5.84. The van der Waals surface area contributed by atoms with E-state index >= 15 is 0 Å². The maximum Gasteiger partial charge on any atom is 0.258 e. The van der Waals surface area contributed by atoms with Gasteiger partial charge < -0.3 is 19.4 Å². The molecule has 1 aromatic carbocycles. The summed E-state index contributed by atoms with van der Waals surface area (Å²) in [6.07, 6.45) is 3.10. The topological polar surface area (TPSA) is 87.3 Å².